The molecule has 56 heavy (non-hydrogen) atoms. The highest BCUT2D eigenvalue weighted by Crippen LogP contribution is 2.51. The number of benzene rings is 7. The minimum atomic E-state index is -0.119. The van der Waals surface area contributed by atoms with E-state index in [9.17, 15) is 0 Å². The van der Waals surface area contributed by atoms with Gasteiger partial charge in [-0.1, -0.05) is 153 Å². The van der Waals surface area contributed by atoms with Crippen LogP contribution in [0.25, 0.3) is 77.4 Å². The van der Waals surface area contributed by atoms with E-state index in [1.165, 1.54) is 60.9 Å². The maximum absolute atomic E-state index is 6.96. The number of furan rings is 1. The molecule has 1 aliphatic heterocycles. The third kappa shape index (κ3) is 4.87. The fraction of sp³-hybridized carbons (Fsp3) is 0.113. The van der Waals surface area contributed by atoms with E-state index in [4.69, 9.17) is 9.41 Å². The molecule has 0 N–H and O–H groups in total. The van der Waals surface area contributed by atoms with Gasteiger partial charge in [-0.25, -0.2) is 4.99 Å². The van der Waals surface area contributed by atoms with Crippen LogP contribution in [0.1, 0.15) is 55.9 Å². The summed E-state index contributed by atoms with van der Waals surface area (Å²) in [6, 6.07) is 57.1. The van der Waals surface area contributed by atoms with Crippen molar-refractivity contribution >= 4 is 60.9 Å². The summed E-state index contributed by atoms with van der Waals surface area (Å²) in [6.45, 7) is 7.00. The first-order valence-corrected chi connectivity index (χ1v) is 19.7. The first-order valence-electron chi connectivity index (χ1n) is 19.7. The number of aliphatic imine (C=N–C) groups is 1. The molecule has 0 spiro atoms. The molecule has 2 aliphatic rings. The molecule has 0 saturated heterocycles. The largest absolute Gasteiger partial charge is 0.454 e. The van der Waals surface area contributed by atoms with Gasteiger partial charge in [-0.3, -0.25) is 4.57 Å². The van der Waals surface area contributed by atoms with Gasteiger partial charge in [0.25, 0.3) is 0 Å². The Morgan fingerprint density at radius 3 is 2.07 bits per heavy atom. The van der Waals surface area contributed by atoms with E-state index in [1.54, 1.807) is 0 Å². The van der Waals surface area contributed by atoms with Crippen molar-refractivity contribution < 1.29 is 4.42 Å². The van der Waals surface area contributed by atoms with Gasteiger partial charge in [-0.2, -0.15) is 0 Å². The SMILES string of the molecule is C/C1=C(c2ccccc2)/C=C(n2c3ccccc3c3c(-c4ccc5c(c4)C(C)(C)c4ccccc4-5)cc4c5ccccc5oc4c32)\N=C(\c2ccccc2)CC1. The first kappa shape index (κ1) is 32.7. The van der Waals surface area contributed by atoms with Crippen LogP contribution in [0.4, 0.5) is 0 Å². The molecular weight excluding hydrogens is 681 g/mol. The van der Waals surface area contributed by atoms with Crippen LogP contribution in [-0.2, 0) is 5.41 Å². The molecule has 7 aromatic carbocycles. The molecule has 2 aromatic heterocycles. The van der Waals surface area contributed by atoms with E-state index in [1.807, 2.05) is 0 Å². The monoisotopic (exact) mass is 720 g/mol. The summed E-state index contributed by atoms with van der Waals surface area (Å²) >= 11 is 0. The lowest BCUT2D eigenvalue weighted by Gasteiger charge is -2.22. The summed E-state index contributed by atoms with van der Waals surface area (Å²) < 4.78 is 9.34. The zero-order valence-corrected chi connectivity index (χ0v) is 31.8. The van der Waals surface area contributed by atoms with E-state index in [0.717, 1.165) is 62.9 Å². The van der Waals surface area contributed by atoms with Crippen molar-refractivity contribution in [3.05, 3.63) is 192 Å². The van der Waals surface area contributed by atoms with Crippen molar-refractivity contribution in [2.75, 3.05) is 0 Å². The Morgan fingerprint density at radius 1 is 0.571 bits per heavy atom. The van der Waals surface area contributed by atoms with Crippen LogP contribution >= 0.6 is 0 Å². The minimum absolute atomic E-state index is 0.119. The Hall–Kier alpha value is -6.71. The van der Waals surface area contributed by atoms with E-state index < -0.39 is 0 Å². The van der Waals surface area contributed by atoms with Gasteiger partial charge in [0.1, 0.15) is 11.4 Å². The number of hydrogen-bond donors (Lipinski definition) is 0. The van der Waals surface area contributed by atoms with Gasteiger partial charge in [-0.15, -0.1) is 0 Å². The third-order valence-electron chi connectivity index (χ3n) is 12.3. The summed E-state index contributed by atoms with van der Waals surface area (Å²) in [5, 5.41) is 4.55. The molecule has 0 amide bonds. The van der Waals surface area contributed by atoms with Gasteiger partial charge in [-0.05, 0) is 100 Å². The number of rotatable bonds is 4. The topological polar surface area (TPSA) is 30.4 Å². The van der Waals surface area contributed by atoms with Crippen molar-refractivity contribution in [3.8, 4) is 22.3 Å². The van der Waals surface area contributed by atoms with Gasteiger partial charge in [0.15, 0.2) is 5.58 Å². The maximum atomic E-state index is 6.96. The second-order valence-corrected chi connectivity index (χ2v) is 15.9. The first-order chi connectivity index (χ1) is 27.5. The van der Waals surface area contributed by atoms with Crippen LogP contribution in [0.2, 0.25) is 0 Å². The van der Waals surface area contributed by atoms with Gasteiger partial charge in [0.2, 0.25) is 0 Å². The highest BCUT2D eigenvalue weighted by molar-refractivity contribution is 6.27. The van der Waals surface area contributed by atoms with Crippen LogP contribution in [0.3, 0.4) is 0 Å². The lowest BCUT2D eigenvalue weighted by atomic mass is 9.81. The van der Waals surface area contributed by atoms with Crippen LogP contribution in [0.15, 0.2) is 179 Å². The molecule has 0 fully saturated rings. The number of aromatic nitrogens is 1. The summed E-state index contributed by atoms with van der Waals surface area (Å²) in [6.07, 6.45) is 4.07. The predicted octanol–water partition coefficient (Wildman–Crippen LogP) is 14.2. The lowest BCUT2D eigenvalue weighted by molar-refractivity contribution is 0.660. The maximum Gasteiger partial charge on any atom is 0.160 e. The minimum Gasteiger partial charge on any atom is -0.454 e. The summed E-state index contributed by atoms with van der Waals surface area (Å²) in [5.41, 5.74) is 17.5. The molecule has 3 heterocycles. The molecule has 9 aromatic rings. The number of fused-ring (bicyclic) bond motifs is 10. The zero-order chi connectivity index (χ0) is 37.5. The molecule has 3 nitrogen and oxygen atoms in total. The van der Waals surface area contributed by atoms with Gasteiger partial charge in [0.05, 0.1) is 16.7 Å². The number of nitrogens with zero attached hydrogens (tertiary/aromatic N) is 2. The molecule has 0 bridgehead atoms. The van der Waals surface area contributed by atoms with Crippen molar-refractivity contribution in [1.29, 1.82) is 0 Å². The second kappa shape index (κ2) is 12.4. The Morgan fingerprint density at radius 2 is 1.25 bits per heavy atom. The van der Waals surface area contributed by atoms with Crippen molar-refractivity contribution in [2.45, 2.75) is 39.0 Å². The van der Waals surface area contributed by atoms with Crippen LogP contribution in [-0.4, -0.2) is 10.3 Å². The predicted molar refractivity (Wildman–Crippen MR) is 235 cm³/mol. The van der Waals surface area contributed by atoms with Crippen molar-refractivity contribution in [1.82, 2.24) is 4.57 Å². The van der Waals surface area contributed by atoms with Gasteiger partial charge in [0, 0.05) is 27.0 Å². The Balaban J connectivity index is 1.28. The van der Waals surface area contributed by atoms with E-state index in [0.29, 0.717) is 0 Å². The standard InChI is InChI=1S/C53H40N2O/c1-33-26-29-46(35-18-8-5-9-19-35)54-49(32-41(33)34-16-6-4-7-17-34)55-47-24-14-11-22-40(47)50-42(31-43-39-21-12-15-25-48(39)56-52(43)51(50)55)36-27-28-38-37-20-10-13-23-44(37)53(2,3)45(38)30-36/h4-25,27-28,30-32H,26,29H2,1-3H3/b41-33+,49-32+,54-46+. The number of allylic oxidation sites excluding steroid dienone is 3. The Bertz CT molecular complexity index is 3150. The zero-order valence-electron chi connectivity index (χ0n) is 31.8. The average Bonchev–Trinajstić information content (AvgIpc) is 3.86. The molecule has 0 atom stereocenters. The molecular formula is C53H40N2O. The van der Waals surface area contributed by atoms with Crippen molar-refractivity contribution in [3.63, 3.8) is 0 Å². The second-order valence-electron chi connectivity index (χ2n) is 15.9. The van der Waals surface area contributed by atoms with Crippen LogP contribution in [0, 0.1) is 0 Å². The molecule has 1 aliphatic carbocycles. The molecule has 0 saturated carbocycles. The lowest BCUT2D eigenvalue weighted by Crippen LogP contribution is -2.14. The van der Waals surface area contributed by atoms with E-state index in [-0.39, 0.29) is 5.41 Å². The smallest absolute Gasteiger partial charge is 0.160 e. The molecule has 0 unspecified atom stereocenters. The van der Waals surface area contributed by atoms with Crippen LogP contribution in [0.5, 0.6) is 0 Å². The average molecular weight is 721 g/mol. The van der Waals surface area contributed by atoms with Crippen molar-refractivity contribution in [2.24, 2.45) is 4.99 Å². The number of hydrogen-bond acceptors (Lipinski definition) is 2. The highest BCUT2D eigenvalue weighted by atomic mass is 16.3. The quantitative estimate of drug-likeness (QED) is 0.178. The molecule has 3 heteroatoms. The normalized spacial score (nSPS) is 18.3. The Kier molecular flexibility index (Phi) is 7.25. The molecule has 268 valence electrons. The third-order valence-corrected chi connectivity index (χ3v) is 12.3. The fourth-order valence-electron chi connectivity index (χ4n) is 9.49. The molecule has 0 radical (unpaired) electrons. The van der Waals surface area contributed by atoms with Gasteiger partial charge >= 0.3 is 0 Å². The fourth-order valence-corrected chi connectivity index (χ4v) is 9.49. The highest BCUT2D eigenvalue weighted by Gasteiger charge is 2.35. The molecule has 11 rings (SSSR count). The summed E-state index contributed by atoms with van der Waals surface area (Å²) in [7, 11) is 0. The van der Waals surface area contributed by atoms with E-state index in [2.05, 4.69) is 189 Å². The Labute approximate surface area is 326 Å². The van der Waals surface area contributed by atoms with Gasteiger partial charge < -0.3 is 4.42 Å². The van der Waals surface area contributed by atoms with Crippen LogP contribution < -0.4 is 0 Å². The number of para-hydroxylation sites is 2. The summed E-state index contributed by atoms with van der Waals surface area (Å²) in [4.78, 5) is 5.68. The van der Waals surface area contributed by atoms with E-state index >= 15 is 0 Å². The summed E-state index contributed by atoms with van der Waals surface area (Å²) in [5.74, 6) is 0.873.